The van der Waals surface area contributed by atoms with Crippen LogP contribution in [0.4, 0.5) is 5.69 Å². The number of rotatable bonds is 11. The number of aromatic nitrogens is 1. The highest BCUT2D eigenvalue weighted by atomic mass is 32.2. The van der Waals surface area contributed by atoms with Crippen LogP contribution in [0.2, 0.25) is 0 Å². The number of esters is 1. The molecule has 1 heterocycles. The largest absolute Gasteiger partial charge is 0.458 e. The molecule has 3 rings (SSSR count). The number of ether oxygens (including phenoxy) is 1. The number of carbonyl (C=O) groups excluding carboxylic acids is 3. The first-order valence-corrected chi connectivity index (χ1v) is 14.4. The molecule has 0 aliphatic heterocycles. The van der Waals surface area contributed by atoms with Crippen molar-refractivity contribution in [3.05, 3.63) is 53.9 Å². The average Bonchev–Trinajstić information content (AvgIpc) is 2.89. The topological polar surface area (TPSA) is 132 Å². The highest BCUT2D eigenvalue weighted by molar-refractivity contribution is 7.90. The van der Waals surface area contributed by atoms with Crippen molar-refractivity contribution in [1.29, 1.82) is 0 Å². The monoisotopic (exact) mass is 529 g/mol. The third-order valence-electron chi connectivity index (χ3n) is 6.36. The Labute approximate surface area is 218 Å². The second kappa shape index (κ2) is 13.3. The van der Waals surface area contributed by atoms with E-state index in [0.29, 0.717) is 5.69 Å². The summed E-state index contributed by atoms with van der Waals surface area (Å²) in [7, 11) is -4.16. The van der Waals surface area contributed by atoms with Crippen molar-refractivity contribution in [3.8, 4) is 0 Å². The van der Waals surface area contributed by atoms with E-state index in [1.807, 2.05) is 18.6 Å². The van der Waals surface area contributed by atoms with Crippen LogP contribution in [0.3, 0.4) is 0 Å². The third-order valence-corrected chi connectivity index (χ3v) is 7.71. The van der Waals surface area contributed by atoms with Crippen molar-refractivity contribution in [1.82, 2.24) is 9.71 Å². The van der Waals surface area contributed by atoms with E-state index in [-0.39, 0.29) is 34.1 Å². The van der Waals surface area contributed by atoms with E-state index in [2.05, 4.69) is 10.3 Å². The molecule has 0 unspecified atom stereocenters. The highest BCUT2D eigenvalue weighted by Crippen LogP contribution is 2.25. The molecule has 1 aliphatic carbocycles. The number of benzene rings is 1. The summed E-state index contributed by atoms with van der Waals surface area (Å²) in [5, 5.41) is 2.83. The van der Waals surface area contributed by atoms with Gasteiger partial charge in [0.15, 0.2) is 0 Å². The summed E-state index contributed by atoms with van der Waals surface area (Å²) < 4.78 is 32.9. The SMILES string of the molecule is CCCC(CCC)OC(=O)c1ccc(C(=O)NS(=O)(=O)c2ccc(NC(=O)C3CCCCC3)cc2)cn1. The molecule has 2 amide bonds. The van der Waals surface area contributed by atoms with Gasteiger partial charge in [0.25, 0.3) is 15.9 Å². The molecule has 0 spiro atoms. The third kappa shape index (κ3) is 8.11. The summed E-state index contributed by atoms with van der Waals surface area (Å²) in [6, 6.07) is 8.30. The number of pyridine rings is 1. The fraction of sp³-hybridized carbons (Fsp3) is 0.481. The Bertz CT molecular complexity index is 1170. The van der Waals surface area contributed by atoms with E-state index in [1.165, 1.54) is 36.4 Å². The number of hydrogen-bond donors (Lipinski definition) is 2. The molecule has 37 heavy (non-hydrogen) atoms. The fourth-order valence-electron chi connectivity index (χ4n) is 4.33. The van der Waals surface area contributed by atoms with Gasteiger partial charge in [0, 0.05) is 17.8 Å². The van der Waals surface area contributed by atoms with Gasteiger partial charge in [-0.15, -0.1) is 0 Å². The molecule has 200 valence electrons. The molecular formula is C27H35N3O6S. The summed E-state index contributed by atoms with van der Waals surface area (Å²) in [6.07, 6.45) is 9.17. The average molecular weight is 530 g/mol. The highest BCUT2D eigenvalue weighted by Gasteiger charge is 2.23. The Morgan fingerprint density at radius 3 is 2.19 bits per heavy atom. The predicted molar refractivity (Wildman–Crippen MR) is 140 cm³/mol. The van der Waals surface area contributed by atoms with Crippen LogP contribution < -0.4 is 10.0 Å². The molecule has 0 atom stereocenters. The van der Waals surface area contributed by atoms with Gasteiger partial charge in [-0.05, 0) is 62.1 Å². The van der Waals surface area contributed by atoms with Crippen LogP contribution in [-0.4, -0.2) is 37.3 Å². The molecule has 1 aliphatic rings. The van der Waals surface area contributed by atoms with Crippen LogP contribution in [0.25, 0.3) is 0 Å². The lowest BCUT2D eigenvalue weighted by Gasteiger charge is -2.20. The van der Waals surface area contributed by atoms with Crippen LogP contribution >= 0.6 is 0 Å². The van der Waals surface area contributed by atoms with Crippen molar-refractivity contribution < 1.29 is 27.5 Å². The van der Waals surface area contributed by atoms with Crippen molar-refractivity contribution >= 4 is 33.5 Å². The number of nitrogens with zero attached hydrogens (tertiary/aromatic N) is 1. The molecule has 1 fully saturated rings. The maximum absolute atomic E-state index is 12.7. The fourth-order valence-corrected chi connectivity index (χ4v) is 5.31. The minimum atomic E-state index is -4.16. The van der Waals surface area contributed by atoms with Crippen LogP contribution in [0, 0.1) is 5.92 Å². The first-order valence-electron chi connectivity index (χ1n) is 12.9. The predicted octanol–water partition coefficient (Wildman–Crippen LogP) is 4.84. The van der Waals surface area contributed by atoms with Gasteiger partial charge in [-0.2, -0.15) is 0 Å². The normalized spacial score (nSPS) is 14.2. The lowest BCUT2D eigenvalue weighted by molar-refractivity contribution is -0.120. The minimum absolute atomic E-state index is 0.0184. The summed E-state index contributed by atoms with van der Waals surface area (Å²) >= 11 is 0. The summed E-state index contributed by atoms with van der Waals surface area (Å²) in [5.74, 6) is -1.54. The smallest absolute Gasteiger partial charge is 0.357 e. The maximum Gasteiger partial charge on any atom is 0.357 e. The van der Waals surface area contributed by atoms with E-state index in [0.717, 1.165) is 64.0 Å². The number of anilines is 1. The first-order chi connectivity index (χ1) is 17.7. The van der Waals surface area contributed by atoms with E-state index in [4.69, 9.17) is 4.74 Å². The Morgan fingerprint density at radius 1 is 0.973 bits per heavy atom. The van der Waals surface area contributed by atoms with Crippen LogP contribution in [0.15, 0.2) is 47.5 Å². The van der Waals surface area contributed by atoms with Gasteiger partial charge >= 0.3 is 5.97 Å². The Hall–Kier alpha value is -3.27. The van der Waals surface area contributed by atoms with Crippen molar-refractivity contribution in [2.24, 2.45) is 5.92 Å². The zero-order valence-corrected chi connectivity index (χ0v) is 22.2. The van der Waals surface area contributed by atoms with E-state index < -0.39 is 21.9 Å². The molecule has 2 N–H and O–H groups in total. The molecule has 1 saturated carbocycles. The maximum atomic E-state index is 12.7. The number of carbonyl (C=O) groups is 3. The quantitative estimate of drug-likeness (QED) is 0.398. The van der Waals surface area contributed by atoms with Gasteiger partial charge in [0.1, 0.15) is 11.8 Å². The van der Waals surface area contributed by atoms with Crippen LogP contribution in [-0.2, 0) is 19.6 Å². The molecule has 9 nitrogen and oxygen atoms in total. The van der Waals surface area contributed by atoms with E-state index in [1.54, 1.807) is 0 Å². The summed E-state index contributed by atoms with van der Waals surface area (Å²) in [4.78, 5) is 41.2. The van der Waals surface area contributed by atoms with E-state index >= 15 is 0 Å². The van der Waals surface area contributed by atoms with Gasteiger partial charge in [-0.1, -0.05) is 46.0 Å². The van der Waals surface area contributed by atoms with Gasteiger partial charge < -0.3 is 10.1 Å². The molecule has 0 radical (unpaired) electrons. The van der Waals surface area contributed by atoms with Gasteiger partial charge in [0.05, 0.1) is 10.5 Å². The minimum Gasteiger partial charge on any atom is -0.458 e. The van der Waals surface area contributed by atoms with Gasteiger partial charge in [0.2, 0.25) is 5.91 Å². The molecular weight excluding hydrogens is 494 g/mol. The molecule has 1 aromatic heterocycles. The molecule has 0 bridgehead atoms. The standard InChI is InChI=1S/C27H35N3O6S/c1-3-8-22(9-4-2)36-27(33)24-17-12-20(18-28-24)26(32)30-37(34,35)23-15-13-21(14-16-23)29-25(31)19-10-6-5-7-11-19/h12-19,22H,3-11H2,1-2H3,(H,29,31)(H,30,32). The summed E-state index contributed by atoms with van der Waals surface area (Å²) in [6.45, 7) is 4.03. The van der Waals surface area contributed by atoms with Crippen LogP contribution in [0.5, 0.6) is 0 Å². The van der Waals surface area contributed by atoms with Crippen molar-refractivity contribution in [2.45, 2.75) is 82.6 Å². The number of sulfonamides is 1. The van der Waals surface area contributed by atoms with Crippen LogP contribution in [0.1, 0.15) is 92.5 Å². The lowest BCUT2D eigenvalue weighted by atomic mass is 9.88. The van der Waals surface area contributed by atoms with Gasteiger partial charge in [-0.3, -0.25) is 9.59 Å². The zero-order valence-electron chi connectivity index (χ0n) is 21.4. The number of amides is 2. The first kappa shape index (κ1) is 28.3. The molecule has 1 aromatic carbocycles. The molecule has 0 saturated heterocycles. The van der Waals surface area contributed by atoms with Crippen molar-refractivity contribution in [2.75, 3.05) is 5.32 Å². The Morgan fingerprint density at radius 2 is 1.62 bits per heavy atom. The van der Waals surface area contributed by atoms with Gasteiger partial charge in [-0.25, -0.2) is 22.9 Å². The molecule has 10 heteroatoms. The number of nitrogens with one attached hydrogen (secondary N) is 2. The zero-order chi connectivity index (χ0) is 26.8. The Kier molecular flexibility index (Phi) is 10.2. The van der Waals surface area contributed by atoms with Crippen molar-refractivity contribution in [3.63, 3.8) is 0 Å². The second-order valence-corrected chi connectivity index (χ2v) is 11.0. The molecule has 2 aromatic rings. The Balaban J connectivity index is 1.59. The number of hydrogen-bond acceptors (Lipinski definition) is 7. The lowest BCUT2D eigenvalue weighted by Crippen LogP contribution is -2.30. The van der Waals surface area contributed by atoms with E-state index in [9.17, 15) is 22.8 Å². The second-order valence-electron chi connectivity index (χ2n) is 9.32. The summed E-state index contributed by atoms with van der Waals surface area (Å²) in [5.41, 5.74) is 0.519.